The highest BCUT2D eigenvalue weighted by Crippen LogP contribution is 2.37. The van der Waals surface area contributed by atoms with Gasteiger partial charge in [-0.25, -0.2) is 8.42 Å². The molecule has 0 bridgehead atoms. The Morgan fingerprint density at radius 3 is 2.85 bits per heavy atom. The van der Waals surface area contributed by atoms with E-state index in [2.05, 4.69) is 23.5 Å². The molecule has 1 N–H and O–H groups in total. The number of nitrogens with one attached hydrogen (secondary N) is 1. The van der Waals surface area contributed by atoms with Crippen molar-refractivity contribution in [2.24, 2.45) is 0 Å². The van der Waals surface area contributed by atoms with Gasteiger partial charge in [-0.3, -0.25) is 0 Å². The van der Waals surface area contributed by atoms with Gasteiger partial charge in [-0.15, -0.1) is 0 Å². The Morgan fingerprint density at radius 1 is 1.20 bits per heavy atom. The summed E-state index contributed by atoms with van der Waals surface area (Å²) >= 11 is 0. The van der Waals surface area contributed by atoms with Gasteiger partial charge in [-0.2, -0.15) is 0 Å². The van der Waals surface area contributed by atoms with E-state index < -0.39 is 9.84 Å². The first-order chi connectivity index (χ1) is 9.54. The molecule has 1 heterocycles. The van der Waals surface area contributed by atoms with Crippen LogP contribution in [0.4, 0.5) is 5.69 Å². The lowest BCUT2D eigenvalue weighted by Crippen LogP contribution is -2.26. The SMILES string of the molecule is CS(=O)(=O)C1CCCC(c2ccc3c(c2)CCCN3)C1. The number of sulfone groups is 1. The summed E-state index contributed by atoms with van der Waals surface area (Å²) in [6.07, 6.45) is 7.49. The number of benzene rings is 1. The minimum absolute atomic E-state index is 0.143. The molecule has 110 valence electrons. The molecule has 2 aliphatic rings. The summed E-state index contributed by atoms with van der Waals surface area (Å²) in [7, 11) is -2.90. The van der Waals surface area contributed by atoms with Crippen LogP contribution in [0.5, 0.6) is 0 Å². The standard InChI is InChI=1S/C16H23NO2S/c1-20(18,19)15-6-2-4-12(11-15)13-7-8-16-14(10-13)5-3-9-17-16/h7-8,10,12,15,17H,2-6,9,11H2,1H3. The van der Waals surface area contributed by atoms with E-state index in [0.29, 0.717) is 5.92 Å². The van der Waals surface area contributed by atoms with E-state index in [1.165, 1.54) is 29.5 Å². The highest BCUT2D eigenvalue weighted by molar-refractivity contribution is 7.91. The number of rotatable bonds is 2. The zero-order chi connectivity index (χ0) is 14.2. The van der Waals surface area contributed by atoms with Crippen LogP contribution in [0.15, 0.2) is 18.2 Å². The summed E-state index contributed by atoms with van der Waals surface area (Å²) in [5, 5.41) is 3.29. The molecule has 0 amide bonds. The molecule has 2 unspecified atom stereocenters. The number of fused-ring (bicyclic) bond motifs is 1. The van der Waals surface area contributed by atoms with E-state index in [0.717, 1.165) is 38.6 Å². The van der Waals surface area contributed by atoms with Crippen molar-refractivity contribution >= 4 is 15.5 Å². The van der Waals surface area contributed by atoms with Gasteiger partial charge < -0.3 is 5.32 Å². The summed E-state index contributed by atoms with van der Waals surface area (Å²) < 4.78 is 23.6. The van der Waals surface area contributed by atoms with Crippen molar-refractivity contribution in [1.82, 2.24) is 0 Å². The van der Waals surface area contributed by atoms with Crippen molar-refractivity contribution in [2.75, 3.05) is 18.1 Å². The Hall–Kier alpha value is -1.03. The van der Waals surface area contributed by atoms with Crippen molar-refractivity contribution in [1.29, 1.82) is 0 Å². The molecule has 1 aliphatic carbocycles. The second-order valence-electron chi connectivity index (χ2n) is 6.26. The minimum atomic E-state index is -2.90. The Labute approximate surface area is 121 Å². The maximum Gasteiger partial charge on any atom is 0.150 e. The predicted octanol–water partition coefficient (Wildman–Crippen LogP) is 3.12. The Bertz CT molecular complexity index is 594. The lowest BCUT2D eigenvalue weighted by Gasteiger charge is -2.29. The zero-order valence-corrected chi connectivity index (χ0v) is 12.9. The molecular formula is C16H23NO2S. The first-order valence-electron chi connectivity index (χ1n) is 7.59. The highest BCUT2D eigenvalue weighted by atomic mass is 32.2. The Balaban J connectivity index is 1.82. The van der Waals surface area contributed by atoms with E-state index >= 15 is 0 Å². The van der Waals surface area contributed by atoms with Crippen LogP contribution in [0.25, 0.3) is 0 Å². The maximum atomic E-state index is 11.8. The zero-order valence-electron chi connectivity index (χ0n) is 12.1. The van der Waals surface area contributed by atoms with Crippen molar-refractivity contribution in [3.63, 3.8) is 0 Å². The molecule has 3 rings (SSSR count). The van der Waals surface area contributed by atoms with Gasteiger partial charge >= 0.3 is 0 Å². The smallest absolute Gasteiger partial charge is 0.150 e. The van der Waals surface area contributed by atoms with E-state index in [4.69, 9.17) is 0 Å². The molecule has 0 saturated heterocycles. The van der Waals surface area contributed by atoms with Gasteiger partial charge in [0.05, 0.1) is 5.25 Å². The van der Waals surface area contributed by atoms with Crippen LogP contribution in [0.1, 0.15) is 49.1 Å². The third kappa shape index (κ3) is 2.85. The first-order valence-corrected chi connectivity index (χ1v) is 9.55. The maximum absolute atomic E-state index is 11.8. The molecular weight excluding hydrogens is 270 g/mol. The van der Waals surface area contributed by atoms with Crippen molar-refractivity contribution in [2.45, 2.75) is 49.7 Å². The summed E-state index contributed by atoms with van der Waals surface area (Å²) in [4.78, 5) is 0. The molecule has 4 heteroatoms. The van der Waals surface area contributed by atoms with Crippen LogP contribution < -0.4 is 5.32 Å². The third-order valence-corrected chi connectivity index (χ3v) is 6.41. The van der Waals surface area contributed by atoms with Gasteiger partial charge in [-0.1, -0.05) is 18.6 Å². The second kappa shape index (κ2) is 5.40. The van der Waals surface area contributed by atoms with Gasteiger partial charge in [0.2, 0.25) is 0 Å². The van der Waals surface area contributed by atoms with Crippen LogP contribution in [0.2, 0.25) is 0 Å². The molecule has 3 nitrogen and oxygen atoms in total. The molecule has 1 saturated carbocycles. The van der Waals surface area contributed by atoms with Crippen molar-refractivity contribution < 1.29 is 8.42 Å². The molecule has 1 aliphatic heterocycles. The number of hydrogen-bond acceptors (Lipinski definition) is 3. The van der Waals surface area contributed by atoms with Gasteiger partial charge in [0, 0.05) is 18.5 Å². The topological polar surface area (TPSA) is 46.2 Å². The lowest BCUT2D eigenvalue weighted by atomic mass is 9.82. The number of anilines is 1. The van der Waals surface area contributed by atoms with Gasteiger partial charge in [0.15, 0.2) is 0 Å². The molecule has 20 heavy (non-hydrogen) atoms. The van der Waals surface area contributed by atoms with E-state index in [1.807, 2.05) is 0 Å². The van der Waals surface area contributed by atoms with Crippen LogP contribution in [-0.4, -0.2) is 26.5 Å². The average molecular weight is 293 g/mol. The normalized spacial score (nSPS) is 26.6. The fourth-order valence-corrected chi connectivity index (χ4v) is 4.76. The van der Waals surface area contributed by atoms with E-state index in [9.17, 15) is 8.42 Å². The third-order valence-electron chi connectivity index (χ3n) is 4.77. The van der Waals surface area contributed by atoms with Crippen molar-refractivity contribution in [3.05, 3.63) is 29.3 Å². The molecule has 1 fully saturated rings. The van der Waals surface area contributed by atoms with Gasteiger partial charge in [-0.05, 0) is 55.2 Å². The second-order valence-corrected chi connectivity index (χ2v) is 8.59. The highest BCUT2D eigenvalue weighted by Gasteiger charge is 2.29. The van der Waals surface area contributed by atoms with Crippen LogP contribution >= 0.6 is 0 Å². The number of aryl methyl sites for hydroxylation is 1. The molecule has 2 atom stereocenters. The quantitative estimate of drug-likeness (QED) is 0.911. The molecule has 0 radical (unpaired) electrons. The molecule has 1 aromatic carbocycles. The first kappa shape index (κ1) is 13.9. The molecule has 1 aromatic rings. The molecule has 0 spiro atoms. The van der Waals surface area contributed by atoms with E-state index in [-0.39, 0.29) is 5.25 Å². The minimum Gasteiger partial charge on any atom is -0.385 e. The monoisotopic (exact) mass is 293 g/mol. The fraction of sp³-hybridized carbons (Fsp3) is 0.625. The van der Waals surface area contributed by atoms with Gasteiger partial charge in [0.25, 0.3) is 0 Å². The van der Waals surface area contributed by atoms with Crippen LogP contribution in [0, 0.1) is 0 Å². The predicted molar refractivity (Wildman–Crippen MR) is 83.1 cm³/mol. The number of hydrogen-bond donors (Lipinski definition) is 1. The van der Waals surface area contributed by atoms with Crippen LogP contribution in [0.3, 0.4) is 0 Å². The molecule has 0 aromatic heterocycles. The fourth-order valence-electron chi connectivity index (χ4n) is 3.59. The van der Waals surface area contributed by atoms with E-state index in [1.54, 1.807) is 0 Å². The Morgan fingerprint density at radius 2 is 2.05 bits per heavy atom. The van der Waals surface area contributed by atoms with Crippen molar-refractivity contribution in [3.8, 4) is 0 Å². The summed E-state index contributed by atoms with van der Waals surface area (Å²) in [6.45, 7) is 1.06. The largest absolute Gasteiger partial charge is 0.385 e. The van der Waals surface area contributed by atoms with Crippen LogP contribution in [-0.2, 0) is 16.3 Å². The summed E-state index contributed by atoms with van der Waals surface area (Å²) in [5.41, 5.74) is 3.99. The summed E-state index contributed by atoms with van der Waals surface area (Å²) in [6, 6.07) is 6.66. The Kier molecular flexibility index (Phi) is 3.76. The van der Waals surface area contributed by atoms with Gasteiger partial charge in [0.1, 0.15) is 9.84 Å². The lowest BCUT2D eigenvalue weighted by molar-refractivity contribution is 0.436. The average Bonchev–Trinajstić information content (AvgIpc) is 2.46. The summed E-state index contributed by atoms with van der Waals surface area (Å²) in [5.74, 6) is 0.413.